The second kappa shape index (κ2) is 6.45. The molecule has 154 valence electrons. The van der Waals surface area contributed by atoms with Crippen LogP contribution in [0.4, 0.5) is 18.9 Å². The van der Waals surface area contributed by atoms with Crippen LogP contribution in [-0.4, -0.2) is 53.8 Å². The summed E-state index contributed by atoms with van der Waals surface area (Å²) in [5.74, 6) is -6.48. The molecule has 0 saturated carbocycles. The fourth-order valence-corrected chi connectivity index (χ4v) is 5.00. The zero-order chi connectivity index (χ0) is 20.4. The van der Waals surface area contributed by atoms with Gasteiger partial charge in [0.25, 0.3) is 5.91 Å². The van der Waals surface area contributed by atoms with Gasteiger partial charge in [-0.3, -0.25) is 19.7 Å². The van der Waals surface area contributed by atoms with Crippen LogP contribution in [0.3, 0.4) is 0 Å². The molecule has 4 aliphatic rings. The van der Waals surface area contributed by atoms with Crippen LogP contribution in [0.2, 0.25) is 0 Å². The molecule has 4 aliphatic heterocycles. The zero-order valence-electron chi connectivity index (χ0n) is 15.4. The highest BCUT2D eigenvalue weighted by Crippen LogP contribution is 2.40. The average molecular weight is 408 g/mol. The number of piperidine rings is 1. The number of anilines is 1. The Morgan fingerprint density at radius 2 is 1.59 bits per heavy atom. The Morgan fingerprint density at radius 3 is 2.24 bits per heavy atom. The molecule has 0 aliphatic carbocycles. The van der Waals surface area contributed by atoms with E-state index in [4.69, 9.17) is 0 Å². The Hall–Kier alpha value is -2.62. The van der Waals surface area contributed by atoms with Crippen molar-refractivity contribution in [3.8, 4) is 0 Å². The summed E-state index contributed by atoms with van der Waals surface area (Å²) < 4.78 is 43.8. The molecule has 3 atom stereocenters. The molecule has 10 heteroatoms. The van der Waals surface area contributed by atoms with E-state index in [1.807, 2.05) is 0 Å². The van der Waals surface area contributed by atoms with Crippen LogP contribution in [0.15, 0.2) is 0 Å². The highest BCUT2D eigenvalue weighted by Gasteiger charge is 2.45. The minimum atomic E-state index is -1.68. The minimum Gasteiger partial charge on any atom is -0.366 e. The Bertz CT molecular complexity index is 941. The predicted molar refractivity (Wildman–Crippen MR) is 94.5 cm³/mol. The van der Waals surface area contributed by atoms with E-state index in [1.165, 1.54) is 0 Å². The maximum absolute atomic E-state index is 14.9. The Labute approximate surface area is 164 Å². The van der Waals surface area contributed by atoms with Gasteiger partial charge in [0.2, 0.25) is 11.8 Å². The van der Waals surface area contributed by atoms with E-state index in [2.05, 4.69) is 10.6 Å². The van der Waals surface area contributed by atoms with E-state index in [0.717, 1.165) is 17.7 Å². The average Bonchev–Trinajstić information content (AvgIpc) is 3.19. The molecule has 1 unspecified atom stereocenters. The van der Waals surface area contributed by atoms with Gasteiger partial charge in [0.15, 0.2) is 17.5 Å². The second-order valence-corrected chi connectivity index (χ2v) is 8.09. The van der Waals surface area contributed by atoms with Crippen molar-refractivity contribution >= 4 is 23.4 Å². The number of piperazine rings is 1. The zero-order valence-corrected chi connectivity index (χ0v) is 15.4. The molecule has 3 amide bonds. The first kappa shape index (κ1) is 18.4. The fourth-order valence-electron chi connectivity index (χ4n) is 5.00. The highest BCUT2D eigenvalue weighted by atomic mass is 19.2. The van der Waals surface area contributed by atoms with Gasteiger partial charge < -0.3 is 15.1 Å². The molecule has 0 spiro atoms. The van der Waals surface area contributed by atoms with Gasteiger partial charge in [-0.25, -0.2) is 13.2 Å². The molecule has 29 heavy (non-hydrogen) atoms. The third-order valence-corrected chi connectivity index (χ3v) is 6.32. The summed E-state index contributed by atoms with van der Waals surface area (Å²) in [4.78, 5) is 39.3. The quantitative estimate of drug-likeness (QED) is 0.559. The highest BCUT2D eigenvalue weighted by molar-refractivity contribution is 6.06. The maximum Gasteiger partial charge on any atom is 0.258 e. The number of hydrogen-bond donors (Lipinski definition) is 2. The summed E-state index contributed by atoms with van der Waals surface area (Å²) >= 11 is 0. The third-order valence-electron chi connectivity index (χ3n) is 6.32. The second-order valence-electron chi connectivity index (χ2n) is 8.09. The molecule has 3 saturated heterocycles. The number of carbonyl (C=O) groups is 3. The van der Waals surface area contributed by atoms with Crippen LogP contribution >= 0.6 is 0 Å². The Balaban J connectivity index is 1.56. The molecular formula is C19H19F3N4O3. The number of fused-ring (bicyclic) bond motifs is 3. The molecule has 2 N–H and O–H groups in total. The summed E-state index contributed by atoms with van der Waals surface area (Å²) in [6.45, 7) is 0.651. The van der Waals surface area contributed by atoms with Gasteiger partial charge >= 0.3 is 0 Å². The van der Waals surface area contributed by atoms with Crippen LogP contribution in [0.25, 0.3) is 0 Å². The van der Waals surface area contributed by atoms with Crippen molar-refractivity contribution in [1.82, 2.24) is 15.5 Å². The predicted octanol–water partition coefficient (Wildman–Crippen LogP) is 0.806. The van der Waals surface area contributed by atoms with Crippen LogP contribution in [0.1, 0.15) is 41.6 Å². The SMILES string of the molecule is O=C1CCC(N2Cc3c(c(F)c(F)c(F)c3N3C[C@H]4CC[C@@H](C3)N4)C2=O)C(=O)N1. The lowest BCUT2D eigenvalue weighted by molar-refractivity contribution is -0.136. The summed E-state index contributed by atoms with van der Waals surface area (Å²) in [6, 6.07) is -0.731. The van der Waals surface area contributed by atoms with Crippen molar-refractivity contribution in [2.75, 3.05) is 18.0 Å². The molecule has 0 aromatic heterocycles. The summed E-state index contributed by atoms with van der Waals surface area (Å²) in [5.41, 5.74) is -0.549. The first-order chi connectivity index (χ1) is 13.8. The lowest BCUT2D eigenvalue weighted by Crippen LogP contribution is -2.52. The maximum atomic E-state index is 14.9. The molecule has 5 rings (SSSR count). The molecule has 1 aromatic carbocycles. The minimum absolute atomic E-state index is 0.0374. The number of halogens is 3. The standard InChI is InChI=1S/C19H19F3N4O3/c20-14-13-10(7-26(19(13)29)11-3-4-12(27)24-18(11)28)17(16(22)15(14)21)25-5-8-1-2-9(6-25)23-8/h8-9,11,23H,1-7H2,(H,24,27,28)/t8-,9+,11?. The lowest BCUT2D eigenvalue weighted by Gasteiger charge is -2.36. The number of amides is 3. The van der Waals surface area contributed by atoms with E-state index in [9.17, 15) is 27.6 Å². The van der Waals surface area contributed by atoms with Gasteiger partial charge in [-0.15, -0.1) is 0 Å². The van der Waals surface area contributed by atoms with Crippen molar-refractivity contribution in [2.24, 2.45) is 0 Å². The number of benzene rings is 1. The van der Waals surface area contributed by atoms with Crippen LogP contribution < -0.4 is 15.5 Å². The van der Waals surface area contributed by atoms with E-state index in [1.54, 1.807) is 4.90 Å². The fraction of sp³-hybridized carbons (Fsp3) is 0.526. The third kappa shape index (κ3) is 2.72. The van der Waals surface area contributed by atoms with Crippen molar-refractivity contribution in [3.63, 3.8) is 0 Å². The van der Waals surface area contributed by atoms with Gasteiger partial charge in [-0.1, -0.05) is 0 Å². The molecular weight excluding hydrogens is 389 g/mol. The van der Waals surface area contributed by atoms with E-state index in [0.29, 0.717) is 13.1 Å². The smallest absolute Gasteiger partial charge is 0.258 e. The molecule has 0 radical (unpaired) electrons. The number of nitrogens with one attached hydrogen (secondary N) is 2. The first-order valence-electron chi connectivity index (χ1n) is 9.70. The monoisotopic (exact) mass is 408 g/mol. The summed E-state index contributed by atoms with van der Waals surface area (Å²) in [6.07, 6.45) is 1.95. The summed E-state index contributed by atoms with van der Waals surface area (Å²) in [7, 11) is 0. The van der Waals surface area contributed by atoms with Crippen molar-refractivity contribution < 1.29 is 27.6 Å². The lowest BCUT2D eigenvalue weighted by atomic mass is 10.0. The van der Waals surface area contributed by atoms with Crippen LogP contribution in [-0.2, 0) is 16.1 Å². The molecule has 3 fully saturated rings. The topological polar surface area (TPSA) is 81.8 Å². The number of imide groups is 1. The van der Waals surface area contributed by atoms with Crippen LogP contribution in [0, 0.1) is 17.5 Å². The molecule has 1 aromatic rings. The largest absolute Gasteiger partial charge is 0.366 e. The number of hydrogen-bond acceptors (Lipinski definition) is 5. The Morgan fingerprint density at radius 1 is 0.897 bits per heavy atom. The van der Waals surface area contributed by atoms with Crippen molar-refractivity contribution in [3.05, 3.63) is 28.6 Å². The normalized spacial score (nSPS) is 28.8. The molecule has 4 heterocycles. The van der Waals surface area contributed by atoms with Crippen LogP contribution in [0.5, 0.6) is 0 Å². The van der Waals surface area contributed by atoms with E-state index < -0.39 is 46.8 Å². The number of rotatable bonds is 2. The first-order valence-corrected chi connectivity index (χ1v) is 9.70. The van der Waals surface area contributed by atoms with Gasteiger partial charge in [-0.2, -0.15) is 0 Å². The number of nitrogens with zero attached hydrogens (tertiary/aromatic N) is 2. The van der Waals surface area contributed by atoms with Gasteiger partial charge in [0.1, 0.15) is 6.04 Å². The number of carbonyl (C=O) groups excluding carboxylic acids is 3. The van der Waals surface area contributed by atoms with Gasteiger partial charge in [0.05, 0.1) is 11.3 Å². The van der Waals surface area contributed by atoms with E-state index in [-0.39, 0.29) is 42.7 Å². The van der Waals surface area contributed by atoms with Gasteiger partial charge in [-0.05, 0) is 19.3 Å². The molecule has 2 bridgehead atoms. The molecule has 7 nitrogen and oxygen atoms in total. The Kier molecular flexibility index (Phi) is 4.09. The van der Waals surface area contributed by atoms with E-state index >= 15 is 0 Å². The van der Waals surface area contributed by atoms with Gasteiger partial charge in [0, 0.05) is 43.7 Å². The van der Waals surface area contributed by atoms with Crippen molar-refractivity contribution in [1.29, 1.82) is 0 Å². The summed E-state index contributed by atoms with van der Waals surface area (Å²) in [5, 5.41) is 5.54. The van der Waals surface area contributed by atoms with Crippen molar-refractivity contribution in [2.45, 2.75) is 50.4 Å².